The fraction of sp³-hybridized carbons (Fsp3) is 0.545. The molecule has 1 rings (SSSR count). The van der Waals surface area contributed by atoms with Crippen LogP contribution in [0.15, 0.2) is 30.0 Å². The molecule has 0 aromatic rings. The smallest absolute Gasteiger partial charge is 0.110 e. The van der Waals surface area contributed by atoms with Crippen LogP contribution in [-0.4, -0.2) is 23.9 Å². The minimum absolute atomic E-state index is 0.0717. The topological polar surface area (TPSA) is 21.6 Å². The number of thioether (sulfide) groups is 1. The van der Waals surface area contributed by atoms with Gasteiger partial charge in [0.05, 0.1) is 17.3 Å². The SMILES string of the molecule is C=COCC1N=C(SC)C=CC1(C)C. The summed E-state index contributed by atoms with van der Waals surface area (Å²) in [7, 11) is 0. The van der Waals surface area contributed by atoms with Crippen LogP contribution in [0.25, 0.3) is 0 Å². The van der Waals surface area contributed by atoms with E-state index in [4.69, 9.17) is 4.74 Å². The third-order valence-electron chi connectivity index (χ3n) is 2.38. The fourth-order valence-corrected chi connectivity index (χ4v) is 1.73. The van der Waals surface area contributed by atoms with E-state index in [1.54, 1.807) is 11.8 Å². The van der Waals surface area contributed by atoms with Crippen molar-refractivity contribution in [2.45, 2.75) is 19.9 Å². The van der Waals surface area contributed by atoms with Crippen molar-refractivity contribution >= 4 is 16.8 Å². The second-order valence-corrected chi connectivity index (χ2v) is 4.67. The number of dihydropyridines is 1. The first-order chi connectivity index (χ1) is 6.60. The standard InChI is InChI=1S/C11H17NOS/c1-5-13-8-9-11(2,3)7-6-10(12-9)14-4/h5-7,9H,1,8H2,2-4H3. The second kappa shape index (κ2) is 4.69. The molecule has 0 bridgehead atoms. The molecule has 78 valence electrons. The lowest BCUT2D eigenvalue weighted by atomic mass is 9.83. The van der Waals surface area contributed by atoms with E-state index in [-0.39, 0.29) is 11.5 Å². The molecule has 0 aromatic carbocycles. The van der Waals surface area contributed by atoms with Crippen LogP contribution >= 0.6 is 11.8 Å². The molecular formula is C11H17NOS. The van der Waals surface area contributed by atoms with Gasteiger partial charge < -0.3 is 4.74 Å². The molecule has 1 aliphatic rings. The zero-order valence-corrected chi connectivity index (χ0v) is 9.80. The van der Waals surface area contributed by atoms with Crippen LogP contribution < -0.4 is 0 Å². The largest absolute Gasteiger partial charge is 0.500 e. The van der Waals surface area contributed by atoms with Crippen molar-refractivity contribution in [2.24, 2.45) is 10.4 Å². The van der Waals surface area contributed by atoms with Gasteiger partial charge in [-0.1, -0.05) is 26.5 Å². The third-order valence-corrected chi connectivity index (χ3v) is 3.04. The average molecular weight is 211 g/mol. The van der Waals surface area contributed by atoms with Crippen LogP contribution in [0, 0.1) is 5.41 Å². The fourth-order valence-electron chi connectivity index (χ4n) is 1.29. The van der Waals surface area contributed by atoms with Gasteiger partial charge in [-0.25, -0.2) is 0 Å². The van der Waals surface area contributed by atoms with Crippen molar-refractivity contribution in [3.05, 3.63) is 25.0 Å². The summed E-state index contributed by atoms with van der Waals surface area (Å²) in [5.41, 5.74) is 0.0717. The average Bonchev–Trinajstić information content (AvgIpc) is 2.16. The summed E-state index contributed by atoms with van der Waals surface area (Å²) in [6.45, 7) is 8.48. The van der Waals surface area contributed by atoms with Crippen molar-refractivity contribution < 1.29 is 4.74 Å². The third kappa shape index (κ3) is 2.64. The van der Waals surface area contributed by atoms with Gasteiger partial charge >= 0.3 is 0 Å². The van der Waals surface area contributed by atoms with Gasteiger partial charge in [0.25, 0.3) is 0 Å². The lowest BCUT2D eigenvalue weighted by Gasteiger charge is -2.31. The highest BCUT2D eigenvalue weighted by Gasteiger charge is 2.29. The zero-order chi connectivity index (χ0) is 10.6. The zero-order valence-electron chi connectivity index (χ0n) is 8.99. The highest BCUT2D eigenvalue weighted by atomic mass is 32.2. The van der Waals surface area contributed by atoms with E-state index in [1.165, 1.54) is 6.26 Å². The molecule has 2 nitrogen and oxygen atoms in total. The highest BCUT2D eigenvalue weighted by molar-refractivity contribution is 8.13. The molecule has 0 spiro atoms. The van der Waals surface area contributed by atoms with Gasteiger partial charge in [-0.2, -0.15) is 0 Å². The molecular weight excluding hydrogens is 194 g/mol. The normalized spacial score (nSPS) is 24.2. The molecule has 0 radical (unpaired) electrons. The van der Waals surface area contributed by atoms with E-state index < -0.39 is 0 Å². The first-order valence-corrected chi connectivity index (χ1v) is 5.86. The lowest BCUT2D eigenvalue weighted by molar-refractivity contribution is 0.182. The summed E-state index contributed by atoms with van der Waals surface area (Å²) in [4.78, 5) is 4.61. The van der Waals surface area contributed by atoms with Crippen LogP contribution in [-0.2, 0) is 4.74 Å². The van der Waals surface area contributed by atoms with E-state index in [0.29, 0.717) is 6.61 Å². The maximum Gasteiger partial charge on any atom is 0.110 e. The minimum atomic E-state index is 0.0717. The number of nitrogens with zero attached hydrogens (tertiary/aromatic N) is 1. The molecule has 0 aromatic heterocycles. The van der Waals surface area contributed by atoms with Crippen molar-refractivity contribution in [1.82, 2.24) is 0 Å². The lowest BCUT2D eigenvalue weighted by Crippen LogP contribution is -2.32. The molecule has 0 amide bonds. The van der Waals surface area contributed by atoms with Crippen LogP contribution in [0.3, 0.4) is 0 Å². The summed E-state index contributed by atoms with van der Waals surface area (Å²) in [5.74, 6) is 0. The molecule has 3 heteroatoms. The molecule has 14 heavy (non-hydrogen) atoms. The van der Waals surface area contributed by atoms with Gasteiger partial charge in [-0.05, 0) is 12.3 Å². The van der Waals surface area contributed by atoms with Crippen LogP contribution in [0.5, 0.6) is 0 Å². The Hall–Kier alpha value is -0.700. The number of aliphatic imine (C=N–C) groups is 1. The highest BCUT2D eigenvalue weighted by Crippen LogP contribution is 2.30. The van der Waals surface area contributed by atoms with E-state index in [2.05, 4.69) is 37.6 Å². The molecule has 1 unspecified atom stereocenters. The van der Waals surface area contributed by atoms with Gasteiger partial charge in [0.15, 0.2) is 0 Å². The number of rotatable bonds is 3. The Morgan fingerprint density at radius 2 is 2.43 bits per heavy atom. The Labute approximate surface area is 90.1 Å². The quantitative estimate of drug-likeness (QED) is 0.669. The molecule has 0 fully saturated rings. The molecule has 1 aliphatic heterocycles. The number of hydrogen-bond acceptors (Lipinski definition) is 3. The Morgan fingerprint density at radius 3 is 3.00 bits per heavy atom. The van der Waals surface area contributed by atoms with Crippen molar-refractivity contribution in [1.29, 1.82) is 0 Å². The Morgan fingerprint density at radius 1 is 1.71 bits per heavy atom. The van der Waals surface area contributed by atoms with E-state index in [0.717, 1.165) is 5.04 Å². The molecule has 0 saturated carbocycles. The van der Waals surface area contributed by atoms with Crippen molar-refractivity contribution in [2.75, 3.05) is 12.9 Å². The first kappa shape index (κ1) is 11.4. The van der Waals surface area contributed by atoms with E-state index >= 15 is 0 Å². The molecule has 0 aliphatic carbocycles. The summed E-state index contributed by atoms with van der Waals surface area (Å²) < 4.78 is 5.22. The maximum atomic E-state index is 5.22. The molecule has 1 atom stereocenters. The van der Waals surface area contributed by atoms with Gasteiger partial charge in [0.1, 0.15) is 6.61 Å². The summed E-state index contributed by atoms with van der Waals surface area (Å²) >= 11 is 1.67. The van der Waals surface area contributed by atoms with Gasteiger partial charge in [0.2, 0.25) is 0 Å². The molecule has 0 saturated heterocycles. The number of hydrogen-bond donors (Lipinski definition) is 0. The van der Waals surface area contributed by atoms with Crippen LogP contribution in [0.1, 0.15) is 13.8 Å². The summed E-state index contributed by atoms with van der Waals surface area (Å²) in [5, 5.41) is 1.07. The van der Waals surface area contributed by atoms with Crippen molar-refractivity contribution in [3.63, 3.8) is 0 Å². The molecule has 1 heterocycles. The Bertz CT molecular complexity index is 268. The minimum Gasteiger partial charge on any atom is -0.500 e. The summed E-state index contributed by atoms with van der Waals surface area (Å²) in [6.07, 6.45) is 7.79. The first-order valence-electron chi connectivity index (χ1n) is 4.63. The molecule has 0 N–H and O–H groups in total. The Balaban J connectivity index is 2.73. The maximum absolute atomic E-state index is 5.22. The number of ether oxygens (including phenoxy) is 1. The summed E-state index contributed by atoms with van der Waals surface area (Å²) in [6, 6.07) is 0.188. The van der Waals surface area contributed by atoms with Gasteiger partial charge in [-0.3, -0.25) is 4.99 Å². The van der Waals surface area contributed by atoms with E-state index in [1.807, 2.05) is 6.26 Å². The van der Waals surface area contributed by atoms with E-state index in [9.17, 15) is 0 Å². The predicted molar refractivity (Wildman–Crippen MR) is 63.8 cm³/mol. The van der Waals surface area contributed by atoms with Crippen LogP contribution in [0.4, 0.5) is 0 Å². The van der Waals surface area contributed by atoms with Gasteiger partial charge in [-0.15, -0.1) is 11.8 Å². The second-order valence-electron chi connectivity index (χ2n) is 3.84. The Kier molecular flexibility index (Phi) is 3.81. The predicted octanol–water partition coefficient (Wildman–Crippen LogP) is 2.87. The van der Waals surface area contributed by atoms with Crippen LogP contribution in [0.2, 0.25) is 0 Å². The van der Waals surface area contributed by atoms with Crippen molar-refractivity contribution in [3.8, 4) is 0 Å². The van der Waals surface area contributed by atoms with Gasteiger partial charge in [0, 0.05) is 5.41 Å². The monoisotopic (exact) mass is 211 g/mol.